The highest BCUT2D eigenvalue weighted by molar-refractivity contribution is 6.09. The Hall–Kier alpha value is -4.73. The van der Waals surface area contributed by atoms with Crippen LogP contribution in [0.3, 0.4) is 0 Å². The number of rotatable bonds is 8. The topological polar surface area (TPSA) is 150 Å². The molecule has 2 aromatic carbocycles. The molecule has 5 rings (SSSR count). The number of carbonyl (C=O) groups excluding carboxylic acids is 1. The number of amides is 1. The number of benzene rings is 2. The van der Waals surface area contributed by atoms with E-state index in [0.717, 1.165) is 42.4 Å². The van der Waals surface area contributed by atoms with Crippen molar-refractivity contribution < 1.29 is 24.2 Å². The smallest absolute Gasteiger partial charge is 0.335 e. The minimum atomic E-state index is -1.01. The van der Waals surface area contributed by atoms with Crippen LogP contribution < -0.4 is 20.5 Å². The van der Waals surface area contributed by atoms with Gasteiger partial charge in [-0.15, -0.1) is 0 Å². The third-order valence-corrected chi connectivity index (χ3v) is 7.25. The Kier molecular flexibility index (Phi) is 7.02. The van der Waals surface area contributed by atoms with Gasteiger partial charge in [-0.25, -0.2) is 9.78 Å². The van der Waals surface area contributed by atoms with E-state index in [1.807, 2.05) is 25.1 Å². The van der Waals surface area contributed by atoms with Gasteiger partial charge in [-0.1, -0.05) is 25.0 Å². The van der Waals surface area contributed by atoms with E-state index < -0.39 is 11.9 Å². The first-order valence-electron chi connectivity index (χ1n) is 12.6. The van der Waals surface area contributed by atoms with Crippen molar-refractivity contribution in [1.82, 2.24) is 15.0 Å². The Morgan fingerprint density at radius 1 is 1.03 bits per heavy atom. The summed E-state index contributed by atoms with van der Waals surface area (Å²) >= 11 is 0. The second-order valence-corrected chi connectivity index (χ2v) is 9.58. The lowest BCUT2D eigenvalue weighted by atomic mass is 9.94. The molecule has 200 valence electrons. The fourth-order valence-electron chi connectivity index (χ4n) is 5.30. The quantitative estimate of drug-likeness (QED) is 0.280. The van der Waals surface area contributed by atoms with E-state index in [0.29, 0.717) is 39.6 Å². The van der Waals surface area contributed by atoms with Gasteiger partial charge in [0.1, 0.15) is 0 Å². The van der Waals surface area contributed by atoms with Crippen LogP contribution in [-0.2, 0) is 0 Å². The van der Waals surface area contributed by atoms with Gasteiger partial charge in [-0.05, 0) is 60.6 Å². The molecule has 0 spiro atoms. The lowest BCUT2D eigenvalue weighted by Gasteiger charge is -2.18. The molecule has 0 atom stereocenters. The van der Waals surface area contributed by atoms with E-state index in [2.05, 4.69) is 20.3 Å². The number of nitrogens with one attached hydrogen (secondary N) is 1. The second kappa shape index (κ2) is 10.6. The number of ether oxygens (including phenoxy) is 2. The molecule has 1 saturated carbocycles. The summed E-state index contributed by atoms with van der Waals surface area (Å²) in [4.78, 5) is 37.4. The largest absolute Gasteiger partial charge is 0.480 e. The molecule has 0 bridgehead atoms. The Labute approximate surface area is 225 Å². The van der Waals surface area contributed by atoms with E-state index in [1.54, 1.807) is 18.3 Å². The summed E-state index contributed by atoms with van der Waals surface area (Å²) in [5.41, 5.74) is 11.0. The number of anilines is 2. The van der Waals surface area contributed by atoms with E-state index >= 15 is 0 Å². The number of fused-ring (bicyclic) bond motifs is 1. The Morgan fingerprint density at radius 2 is 1.79 bits per heavy atom. The molecule has 39 heavy (non-hydrogen) atoms. The highest BCUT2D eigenvalue weighted by Crippen LogP contribution is 2.39. The van der Waals surface area contributed by atoms with Crippen molar-refractivity contribution >= 4 is 34.2 Å². The number of nitrogens with two attached hydrogens (primary N) is 1. The first-order valence-corrected chi connectivity index (χ1v) is 12.6. The van der Waals surface area contributed by atoms with Crippen LogP contribution in [0.1, 0.15) is 63.4 Å². The predicted molar refractivity (Wildman–Crippen MR) is 147 cm³/mol. The number of aromatic nitrogens is 3. The number of pyridine rings is 1. The molecule has 1 amide bonds. The highest BCUT2D eigenvalue weighted by atomic mass is 16.5. The van der Waals surface area contributed by atoms with Crippen LogP contribution in [-0.4, -0.2) is 46.2 Å². The highest BCUT2D eigenvalue weighted by Gasteiger charge is 2.22. The summed E-state index contributed by atoms with van der Waals surface area (Å²) in [5.74, 6) is -1.00. The maximum Gasteiger partial charge on any atom is 0.335 e. The zero-order valence-electron chi connectivity index (χ0n) is 21.9. The molecule has 1 fully saturated rings. The number of carboxylic acid groups (broad SMARTS) is 1. The molecule has 4 aromatic rings. The van der Waals surface area contributed by atoms with E-state index in [4.69, 9.17) is 15.2 Å². The average molecular weight is 528 g/mol. The lowest BCUT2D eigenvalue weighted by Crippen LogP contribution is -2.14. The molecule has 0 unspecified atom stereocenters. The first-order chi connectivity index (χ1) is 18.8. The van der Waals surface area contributed by atoms with Crippen molar-refractivity contribution in [2.24, 2.45) is 5.73 Å². The molecule has 0 aliphatic heterocycles. The Bertz CT molecular complexity index is 1600. The second-order valence-electron chi connectivity index (χ2n) is 9.58. The summed E-state index contributed by atoms with van der Waals surface area (Å²) < 4.78 is 10.6. The normalized spacial score (nSPS) is 13.4. The average Bonchev–Trinajstić information content (AvgIpc) is 3.48. The van der Waals surface area contributed by atoms with Gasteiger partial charge in [0.05, 0.1) is 42.1 Å². The van der Waals surface area contributed by atoms with Crippen molar-refractivity contribution in [2.45, 2.75) is 38.5 Å². The Morgan fingerprint density at radius 3 is 2.46 bits per heavy atom. The van der Waals surface area contributed by atoms with Gasteiger partial charge in [0, 0.05) is 23.5 Å². The number of hydrogen-bond acceptors (Lipinski definition) is 8. The molecule has 10 heteroatoms. The Balaban J connectivity index is 1.65. The zero-order valence-corrected chi connectivity index (χ0v) is 21.9. The number of aromatic carboxylic acids is 1. The first kappa shape index (κ1) is 25.9. The van der Waals surface area contributed by atoms with Crippen LogP contribution in [0.15, 0.2) is 42.7 Å². The molecule has 0 radical (unpaired) electrons. The molecule has 10 nitrogen and oxygen atoms in total. The number of aryl methyl sites for hydroxylation is 1. The molecule has 1 aliphatic rings. The van der Waals surface area contributed by atoms with Crippen LogP contribution in [0.5, 0.6) is 11.9 Å². The zero-order chi connectivity index (χ0) is 27.7. The molecule has 2 heterocycles. The lowest BCUT2D eigenvalue weighted by molar-refractivity contribution is 0.0696. The number of nitrogens with zero attached hydrogens (tertiary/aromatic N) is 3. The van der Waals surface area contributed by atoms with E-state index in [-0.39, 0.29) is 17.1 Å². The maximum atomic E-state index is 12.4. The van der Waals surface area contributed by atoms with Gasteiger partial charge in [0.25, 0.3) is 5.91 Å². The summed E-state index contributed by atoms with van der Waals surface area (Å²) in [6, 6.07) is 9.16. The van der Waals surface area contributed by atoms with Crippen LogP contribution in [0.4, 0.5) is 11.4 Å². The van der Waals surface area contributed by atoms with Crippen LogP contribution >= 0.6 is 0 Å². The monoisotopic (exact) mass is 527 g/mol. The van der Waals surface area contributed by atoms with Crippen molar-refractivity contribution in [1.29, 1.82) is 0 Å². The van der Waals surface area contributed by atoms with Gasteiger partial charge in [-0.3, -0.25) is 9.78 Å². The summed E-state index contributed by atoms with van der Waals surface area (Å²) in [7, 11) is 3.00. The third kappa shape index (κ3) is 4.93. The fourth-order valence-corrected chi connectivity index (χ4v) is 5.30. The summed E-state index contributed by atoms with van der Waals surface area (Å²) in [5, 5.41) is 13.7. The van der Waals surface area contributed by atoms with Gasteiger partial charge in [0.2, 0.25) is 5.88 Å². The van der Waals surface area contributed by atoms with Crippen molar-refractivity contribution in [2.75, 3.05) is 19.5 Å². The van der Waals surface area contributed by atoms with Gasteiger partial charge < -0.3 is 25.6 Å². The maximum absolute atomic E-state index is 12.4. The minimum absolute atomic E-state index is 0.185. The standard InChI is InChI=1S/C29H29N5O5/c1-15-20(22-13-32-29(39-3)34-27(22)38-2)8-9-21-24(15)31-14-23(26(30)35)25(21)33-19-11-17(16-6-4-5-7-16)10-18(12-19)28(36)37/h8-14,16H,4-7H2,1-3H3,(H2,30,35)(H,31,33)(H,36,37). The predicted octanol–water partition coefficient (Wildman–Crippen LogP) is 5.22. The number of hydrogen-bond donors (Lipinski definition) is 3. The molecule has 1 aliphatic carbocycles. The van der Waals surface area contributed by atoms with E-state index in [1.165, 1.54) is 20.4 Å². The summed E-state index contributed by atoms with van der Waals surface area (Å²) in [6.07, 6.45) is 7.35. The molecule has 4 N–H and O–H groups in total. The SMILES string of the molecule is COc1ncc(-c2ccc3c(Nc4cc(C(=O)O)cc(C5CCCC5)c4)c(C(N)=O)cnc3c2C)c(OC)n1. The van der Waals surface area contributed by atoms with Crippen LogP contribution in [0.25, 0.3) is 22.0 Å². The fraction of sp³-hybridized carbons (Fsp3) is 0.276. The molecule has 2 aromatic heterocycles. The number of methoxy groups -OCH3 is 2. The number of carboxylic acids is 1. The molecular weight excluding hydrogens is 498 g/mol. The molecule has 0 saturated heterocycles. The van der Waals surface area contributed by atoms with Crippen LogP contribution in [0, 0.1) is 6.92 Å². The van der Waals surface area contributed by atoms with Gasteiger partial charge in [0.15, 0.2) is 0 Å². The van der Waals surface area contributed by atoms with E-state index in [9.17, 15) is 14.7 Å². The summed E-state index contributed by atoms with van der Waals surface area (Å²) in [6.45, 7) is 1.91. The van der Waals surface area contributed by atoms with Gasteiger partial charge >= 0.3 is 12.0 Å². The van der Waals surface area contributed by atoms with Crippen LogP contribution in [0.2, 0.25) is 0 Å². The van der Waals surface area contributed by atoms with Crippen molar-refractivity contribution in [3.05, 3.63) is 65.0 Å². The third-order valence-electron chi connectivity index (χ3n) is 7.25. The van der Waals surface area contributed by atoms with Crippen molar-refractivity contribution in [3.63, 3.8) is 0 Å². The minimum Gasteiger partial charge on any atom is -0.480 e. The molecular formula is C29H29N5O5. The number of primary amides is 1. The van der Waals surface area contributed by atoms with Crippen molar-refractivity contribution in [3.8, 4) is 23.0 Å². The van der Waals surface area contributed by atoms with Gasteiger partial charge in [-0.2, -0.15) is 4.98 Å². The number of carbonyl (C=O) groups is 2.